The maximum atomic E-state index is 12.8. The summed E-state index contributed by atoms with van der Waals surface area (Å²) in [4.78, 5) is 23.4. The normalized spacial score (nSPS) is 23.7. The number of nitrogens with zero attached hydrogens (tertiary/aromatic N) is 3. The van der Waals surface area contributed by atoms with Crippen LogP contribution in [0.15, 0.2) is 24.3 Å². The minimum Gasteiger partial charge on any atom is -0.356 e. The van der Waals surface area contributed by atoms with Crippen LogP contribution in [0.4, 0.5) is 5.82 Å². The van der Waals surface area contributed by atoms with Gasteiger partial charge in [-0.2, -0.15) is 5.10 Å². The lowest BCUT2D eigenvalue weighted by molar-refractivity contribution is 0.0931. The highest BCUT2D eigenvalue weighted by Crippen LogP contribution is 2.46. The molecular formula is C24H28N6O. The molecule has 3 aromatic heterocycles. The smallest absolute Gasteiger partial charge is 0.268 e. The second-order valence-corrected chi connectivity index (χ2v) is 9.41. The molecule has 3 atom stereocenters. The molecule has 7 heteroatoms. The van der Waals surface area contributed by atoms with E-state index in [9.17, 15) is 4.79 Å². The van der Waals surface area contributed by atoms with Crippen LogP contribution in [-0.2, 0) is 12.8 Å². The first-order valence-corrected chi connectivity index (χ1v) is 11.3. The van der Waals surface area contributed by atoms with Gasteiger partial charge in [0, 0.05) is 30.9 Å². The van der Waals surface area contributed by atoms with E-state index in [4.69, 9.17) is 4.98 Å². The third kappa shape index (κ3) is 3.32. The molecule has 3 aliphatic rings. The van der Waals surface area contributed by atoms with Gasteiger partial charge in [-0.1, -0.05) is 6.07 Å². The van der Waals surface area contributed by atoms with Crippen molar-refractivity contribution in [3.8, 4) is 0 Å². The molecule has 7 nitrogen and oxygen atoms in total. The molecule has 2 aliphatic carbocycles. The zero-order valence-electron chi connectivity index (χ0n) is 18.0. The van der Waals surface area contributed by atoms with Gasteiger partial charge < -0.3 is 15.2 Å². The van der Waals surface area contributed by atoms with Gasteiger partial charge in [-0.15, -0.1) is 0 Å². The van der Waals surface area contributed by atoms with Crippen LogP contribution in [0.2, 0.25) is 0 Å². The number of aromatic amines is 2. The Labute approximate surface area is 181 Å². The fraction of sp³-hybridized carbons (Fsp3) is 0.458. The van der Waals surface area contributed by atoms with E-state index in [2.05, 4.69) is 44.5 Å². The lowest BCUT2D eigenvalue weighted by Crippen LogP contribution is -2.27. The van der Waals surface area contributed by atoms with Crippen LogP contribution >= 0.6 is 0 Å². The number of H-pyrrole nitrogens is 2. The van der Waals surface area contributed by atoms with Crippen molar-refractivity contribution >= 4 is 11.7 Å². The Balaban J connectivity index is 1.12. The molecule has 4 heterocycles. The summed E-state index contributed by atoms with van der Waals surface area (Å²) in [6.07, 6.45) is 4.02. The molecule has 3 N–H and O–H groups in total. The number of rotatable bonds is 5. The van der Waals surface area contributed by atoms with E-state index in [-0.39, 0.29) is 11.9 Å². The number of carbonyl (C=O) groups is 1. The predicted molar refractivity (Wildman–Crippen MR) is 118 cm³/mol. The molecule has 1 saturated heterocycles. The Hall–Kier alpha value is -3.09. The van der Waals surface area contributed by atoms with Crippen LogP contribution < -0.4 is 10.2 Å². The summed E-state index contributed by atoms with van der Waals surface area (Å²) in [7, 11) is 0. The van der Waals surface area contributed by atoms with E-state index in [1.54, 1.807) is 0 Å². The second kappa shape index (κ2) is 6.97. The minimum atomic E-state index is -0.0749. The van der Waals surface area contributed by atoms with Crippen molar-refractivity contribution in [2.24, 2.45) is 11.8 Å². The molecule has 3 unspecified atom stereocenters. The number of hydrogen-bond acceptors (Lipinski definition) is 4. The number of nitrogens with one attached hydrogen (secondary N) is 3. The molecule has 0 aromatic carbocycles. The van der Waals surface area contributed by atoms with E-state index >= 15 is 0 Å². The first kappa shape index (κ1) is 18.7. The van der Waals surface area contributed by atoms with Crippen molar-refractivity contribution in [1.82, 2.24) is 25.5 Å². The number of amides is 1. The van der Waals surface area contributed by atoms with Gasteiger partial charge >= 0.3 is 0 Å². The summed E-state index contributed by atoms with van der Waals surface area (Å²) in [6, 6.07) is 8.20. The van der Waals surface area contributed by atoms with Crippen molar-refractivity contribution in [1.29, 1.82) is 0 Å². The third-order valence-corrected chi connectivity index (χ3v) is 7.30. The Morgan fingerprint density at radius 3 is 2.81 bits per heavy atom. The Kier molecular flexibility index (Phi) is 4.20. The third-order valence-electron chi connectivity index (χ3n) is 7.30. The van der Waals surface area contributed by atoms with Crippen LogP contribution in [0.1, 0.15) is 63.3 Å². The minimum absolute atomic E-state index is 0.00561. The zero-order valence-corrected chi connectivity index (χ0v) is 18.0. The standard InChI is InChI=1S/C24H28N6O/c1-13-15(3-8-22(25-13)30-11-16-9-17(16)12-30)10-18-4-6-21(26-18)24(31)27-20-7-5-19-14(2)28-29-23(19)20/h3-4,6,8,16-17,20,26H,5,7,9-12H2,1-2H3,(H,27,31)(H,28,29). The van der Waals surface area contributed by atoms with E-state index in [0.717, 1.165) is 72.8 Å². The van der Waals surface area contributed by atoms with E-state index in [1.165, 1.54) is 17.5 Å². The molecule has 0 bridgehead atoms. The molecule has 0 radical (unpaired) electrons. The Bertz CT molecular complexity index is 1150. The summed E-state index contributed by atoms with van der Waals surface area (Å²) in [5.74, 6) is 2.83. The number of aryl methyl sites for hydroxylation is 2. The number of anilines is 1. The van der Waals surface area contributed by atoms with Crippen LogP contribution in [0.5, 0.6) is 0 Å². The lowest BCUT2D eigenvalue weighted by atomic mass is 10.1. The Morgan fingerprint density at radius 2 is 2.00 bits per heavy atom. The highest BCUT2D eigenvalue weighted by molar-refractivity contribution is 5.92. The average molecular weight is 417 g/mol. The number of hydrogen-bond donors (Lipinski definition) is 3. The highest BCUT2D eigenvalue weighted by Gasteiger charge is 2.45. The van der Waals surface area contributed by atoms with Gasteiger partial charge in [-0.25, -0.2) is 4.98 Å². The Morgan fingerprint density at radius 1 is 1.16 bits per heavy atom. The number of fused-ring (bicyclic) bond motifs is 2. The fourth-order valence-corrected chi connectivity index (χ4v) is 5.30. The van der Waals surface area contributed by atoms with Crippen LogP contribution in [-0.4, -0.2) is 39.2 Å². The first-order valence-electron chi connectivity index (χ1n) is 11.3. The monoisotopic (exact) mass is 416 g/mol. The maximum Gasteiger partial charge on any atom is 0.268 e. The van der Waals surface area contributed by atoms with Crippen LogP contribution in [0, 0.1) is 25.7 Å². The number of pyridine rings is 1. The quantitative estimate of drug-likeness (QED) is 0.596. The average Bonchev–Trinajstić information content (AvgIpc) is 3.22. The van der Waals surface area contributed by atoms with E-state index < -0.39 is 0 Å². The summed E-state index contributed by atoms with van der Waals surface area (Å²) in [6.45, 7) is 6.41. The van der Waals surface area contributed by atoms with Crippen LogP contribution in [0.25, 0.3) is 0 Å². The number of carbonyl (C=O) groups excluding carboxylic acids is 1. The summed E-state index contributed by atoms with van der Waals surface area (Å²) in [5.41, 5.74) is 7.20. The number of aromatic nitrogens is 4. The van der Waals surface area contributed by atoms with Gasteiger partial charge in [-0.3, -0.25) is 9.89 Å². The molecule has 2 fully saturated rings. The molecule has 0 spiro atoms. The maximum absolute atomic E-state index is 12.8. The van der Waals surface area contributed by atoms with Gasteiger partial charge in [0.25, 0.3) is 5.91 Å². The molecule has 31 heavy (non-hydrogen) atoms. The molecular weight excluding hydrogens is 388 g/mol. The molecule has 1 amide bonds. The van der Waals surface area contributed by atoms with E-state index in [1.807, 2.05) is 19.1 Å². The van der Waals surface area contributed by atoms with Gasteiger partial charge in [0.1, 0.15) is 11.5 Å². The fourth-order valence-electron chi connectivity index (χ4n) is 5.30. The molecule has 160 valence electrons. The highest BCUT2D eigenvalue weighted by atomic mass is 16.1. The molecule has 1 aliphatic heterocycles. The summed E-state index contributed by atoms with van der Waals surface area (Å²) in [5, 5.41) is 10.5. The van der Waals surface area contributed by atoms with Crippen molar-refractivity contribution in [2.75, 3.05) is 18.0 Å². The zero-order chi connectivity index (χ0) is 21.1. The van der Waals surface area contributed by atoms with Gasteiger partial charge in [0.05, 0.1) is 17.4 Å². The largest absolute Gasteiger partial charge is 0.356 e. The van der Waals surface area contributed by atoms with E-state index in [0.29, 0.717) is 5.69 Å². The second-order valence-electron chi connectivity index (χ2n) is 9.41. The molecule has 1 saturated carbocycles. The van der Waals surface area contributed by atoms with Gasteiger partial charge in [0.15, 0.2) is 0 Å². The van der Waals surface area contributed by atoms with Crippen molar-refractivity contribution in [2.45, 2.75) is 45.6 Å². The number of piperidine rings is 1. The van der Waals surface area contributed by atoms with Crippen LogP contribution in [0.3, 0.4) is 0 Å². The van der Waals surface area contributed by atoms with Crippen molar-refractivity contribution in [3.63, 3.8) is 0 Å². The molecule has 6 rings (SSSR count). The first-order chi connectivity index (χ1) is 15.0. The SMILES string of the molecule is Cc1nc(N2CC3CC3C2)ccc1Cc1ccc(C(=O)NC2CCc3c(C)n[nH]c32)[nH]1. The summed E-state index contributed by atoms with van der Waals surface area (Å²) < 4.78 is 0. The van der Waals surface area contributed by atoms with Crippen molar-refractivity contribution < 1.29 is 4.79 Å². The summed E-state index contributed by atoms with van der Waals surface area (Å²) >= 11 is 0. The topological polar surface area (TPSA) is 89.7 Å². The lowest BCUT2D eigenvalue weighted by Gasteiger charge is -2.20. The van der Waals surface area contributed by atoms with Gasteiger partial charge in [0.2, 0.25) is 0 Å². The van der Waals surface area contributed by atoms with Crippen molar-refractivity contribution in [3.05, 3.63) is 63.9 Å². The van der Waals surface area contributed by atoms with Gasteiger partial charge in [-0.05, 0) is 74.3 Å². The molecule has 3 aromatic rings. The predicted octanol–water partition coefficient (Wildman–Crippen LogP) is 3.21.